The average molecular weight is 263 g/mol. The normalized spacial score (nSPS) is 22.8. The number of amides is 1. The molecule has 0 radical (unpaired) electrons. The smallest absolute Gasteiger partial charge is 0.238 e. The number of hydrogen-bond donors (Lipinski definition) is 2. The first kappa shape index (κ1) is 14.4. The second-order valence-electron chi connectivity index (χ2n) is 4.50. The molecule has 17 heavy (non-hydrogen) atoms. The predicted octanol–water partition coefficient (Wildman–Crippen LogP) is -0.865. The lowest BCUT2D eigenvalue weighted by Crippen LogP contribution is -2.56. The van der Waals surface area contributed by atoms with Gasteiger partial charge in [0, 0.05) is 25.7 Å². The van der Waals surface area contributed by atoms with Gasteiger partial charge in [0.25, 0.3) is 0 Å². The van der Waals surface area contributed by atoms with Crippen molar-refractivity contribution in [1.82, 2.24) is 14.9 Å². The van der Waals surface area contributed by atoms with E-state index in [1.807, 2.05) is 13.8 Å². The van der Waals surface area contributed by atoms with Crippen molar-refractivity contribution in [2.45, 2.75) is 32.9 Å². The van der Waals surface area contributed by atoms with E-state index in [9.17, 15) is 13.2 Å². The zero-order chi connectivity index (χ0) is 13.1. The van der Waals surface area contributed by atoms with E-state index in [1.165, 1.54) is 4.31 Å². The van der Waals surface area contributed by atoms with Crippen molar-refractivity contribution in [2.24, 2.45) is 0 Å². The lowest BCUT2D eigenvalue weighted by atomic mass is 10.2. The van der Waals surface area contributed by atoms with Gasteiger partial charge in [-0.15, -0.1) is 0 Å². The molecule has 0 spiro atoms. The fourth-order valence-electron chi connectivity index (χ4n) is 1.74. The summed E-state index contributed by atoms with van der Waals surface area (Å²) in [6, 6.07) is -0.347. The number of carbonyl (C=O) groups excluding carboxylic acids is 1. The van der Waals surface area contributed by atoms with Crippen LogP contribution in [0.2, 0.25) is 0 Å². The summed E-state index contributed by atoms with van der Waals surface area (Å²) in [4.78, 5) is 11.4. The molecule has 1 atom stereocenters. The summed E-state index contributed by atoms with van der Waals surface area (Å²) in [5, 5.41) is 5.71. The summed E-state index contributed by atoms with van der Waals surface area (Å²) >= 11 is 0. The van der Waals surface area contributed by atoms with Crippen molar-refractivity contribution in [3.05, 3.63) is 0 Å². The number of nitrogens with zero attached hydrogens (tertiary/aromatic N) is 1. The van der Waals surface area contributed by atoms with Gasteiger partial charge in [-0.05, 0) is 6.92 Å². The molecule has 1 unspecified atom stereocenters. The summed E-state index contributed by atoms with van der Waals surface area (Å²) in [5.41, 5.74) is 0. The van der Waals surface area contributed by atoms with E-state index in [4.69, 9.17) is 0 Å². The monoisotopic (exact) mass is 263 g/mol. The Hall–Kier alpha value is -0.660. The van der Waals surface area contributed by atoms with Crippen molar-refractivity contribution >= 4 is 15.9 Å². The molecule has 1 aliphatic rings. The van der Waals surface area contributed by atoms with Gasteiger partial charge in [0.05, 0.1) is 5.75 Å². The van der Waals surface area contributed by atoms with Crippen LogP contribution in [0.3, 0.4) is 0 Å². The lowest BCUT2D eigenvalue weighted by Gasteiger charge is -2.31. The third kappa shape index (κ3) is 3.93. The van der Waals surface area contributed by atoms with Gasteiger partial charge >= 0.3 is 0 Å². The van der Waals surface area contributed by atoms with Gasteiger partial charge in [0.2, 0.25) is 15.9 Å². The number of rotatable bonds is 5. The van der Waals surface area contributed by atoms with E-state index in [1.54, 1.807) is 6.92 Å². The summed E-state index contributed by atoms with van der Waals surface area (Å²) < 4.78 is 25.3. The van der Waals surface area contributed by atoms with Crippen LogP contribution in [0, 0.1) is 0 Å². The highest BCUT2D eigenvalue weighted by atomic mass is 32.2. The van der Waals surface area contributed by atoms with Crippen LogP contribution in [-0.4, -0.2) is 56.1 Å². The molecule has 0 aromatic rings. The third-order valence-corrected chi connectivity index (χ3v) is 4.65. The molecule has 0 saturated carbocycles. The Morgan fingerprint density at radius 2 is 2.18 bits per heavy atom. The van der Waals surface area contributed by atoms with Gasteiger partial charge in [-0.1, -0.05) is 13.8 Å². The average Bonchev–Trinajstić information content (AvgIpc) is 2.21. The standard InChI is InChI=1S/C10H21N3O3S/c1-8(2)11-5-7-17(15,16)13-6-4-12-10(14)9(13)3/h8-9,11H,4-7H2,1-3H3,(H,12,14). The molecule has 0 aliphatic carbocycles. The molecule has 1 heterocycles. The minimum atomic E-state index is -3.35. The van der Waals surface area contributed by atoms with Crippen LogP contribution in [0.1, 0.15) is 20.8 Å². The number of hydrogen-bond acceptors (Lipinski definition) is 4. The highest BCUT2D eigenvalue weighted by molar-refractivity contribution is 7.89. The first-order valence-corrected chi connectivity index (χ1v) is 7.46. The first-order chi connectivity index (χ1) is 7.84. The van der Waals surface area contributed by atoms with Gasteiger partial charge in [-0.2, -0.15) is 4.31 Å². The highest BCUT2D eigenvalue weighted by Crippen LogP contribution is 2.10. The molecule has 0 aromatic heterocycles. The maximum absolute atomic E-state index is 12.0. The van der Waals surface area contributed by atoms with Crippen molar-refractivity contribution in [1.29, 1.82) is 0 Å². The molecule has 100 valence electrons. The minimum absolute atomic E-state index is 0.0306. The van der Waals surface area contributed by atoms with Crippen LogP contribution < -0.4 is 10.6 Å². The third-order valence-electron chi connectivity index (χ3n) is 2.71. The van der Waals surface area contributed by atoms with E-state index < -0.39 is 16.1 Å². The molecule has 0 bridgehead atoms. The summed E-state index contributed by atoms with van der Waals surface area (Å²) in [5.74, 6) is -0.195. The van der Waals surface area contributed by atoms with Crippen LogP contribution in [0.15, 0.2) is 0 Å². The second-order valence-corrected chi connectivity index (χ2v) is 6.54. The number of nitrogens with one attached hydrogen (secondary N) is 2. The van der Waals surface area contributed by atoms with Gasteiger partial charge in [-0.25, -0.2) is 8.42 Å². The molecule has 2 N–H and O–H groups in total. The Morgan fingerprint density at radius 3 is 2.76 bits per heavy atom. The Labute approximate surface area is 103 Å². The minimum Gasteiger partial charge on any atom is -0.353 e. The fraction of sp³-hybridized carbons (Fsp3) is 0.900. The Balaban J connectivity index is 2.60. The Kier molecular flexibility index (Phi) is 4.91. The maximum Gasteiger partial charge on any atom is 0.238 e. The van der Waals surface area contributed by atoms with E-state index in [0.717, 1.165) is 0 Å². The molecule has 1 saturated heterocycles. The topological polar surface area (TPSA) is 78.5 Å². The first-order valence-electron chi connectivity index (χ1n) is 5.85. The largest absolute Gasteiger partial charge is 0.353 e. The van der Waals surface area contributed by atoms with E-state index in [2.05, 4.69) is 10.6 Å². The zero-order valence-electron chi connectivity index (χ0n) is 10.6. The maximum atomic E-state index is 12.0. The second kappa shape index (κ2) is 5.79. The summed E-state index contributed by atoms with van der Waals surface area (Å²) in [7, 11) is -3.35. The molecule has 7 heteroatoms. The molecular formula is C10H21N3O3S. The fourth-order valence-corrected chi connectivity index (χ4v) is 3.29. The molecule has 0 aromatic carbocycles. The van der Waals surface area contributed by atoms with Crippen LogP contribution in [-0.2, 0) is 14.8 Å². The molecular weight excluding hydrogens is 242 g/mol. The number of piperazine rings is 1. The zero-order valence-corrected chi connectivity index (χ0v) is 11.4. The van der Waals surface area contributed by atoms with Gasteiger partial charge in [0.15, 0.2) is 0 Å². The summed E-state index contributed by atoms with van der Waals surface area (Å²) in [6.45, 7) is 6.69. The van der Waals surface area contributed by atoms with Crippen LogP contribution >= 0.6 is 0 Å². The van der Waals surface area contributed by atoms with E-state index >= 15 is 0 Å². The SMILES string of the molecule is CC(C)NCCS(=O)(=O)N1CCNC(=O)C1C. The lowest BCUT2D eigenvalue weighted by molar-refractivity contribution is -0.126. The van der Waals surface area contributed by atoms with E-state index in [0.29, 0.717) is 19.6 Å². The van der Waals surface area contributed by atoms with Crippen LogP contribution in [0.5, 0.6) is 0 Å². The molecule has 1 amide bonds. The van der Waals surface area contributed by atoms with E-state index in [-0.39, 0.29) is 17.7 Å². The molecule has 1 rings (SSSR count). The highest BCUT2D eigenvalue weighted by Gasteiger charge is 2.33. The molecule has 1 fully saturated rings. The molecule has 1 aliphatic heterocycles. The quantitative estimate of drug-likeness (QED) is 0.676. The summed E-state index contributed by atoms with van der Waals surface area (Å²) in [6.07, 6.45) is 0. The van der Waals surface area contributed by atoms with Crippen molar-refractivity contribution in [2.75, 3.05) is 25.4 Å². The Bertz CT molecular complexity index is 367. The van der Waals surface area contributed by atoms with Gasteiger partial charge in [-0.3, -0.25) is 4.79 Å². The van der Waals surface area contributed by atoms with Crippen LogP contribution in [0.25, 0.3) is 0 Å². The van der Waals surface area contributed by atoms with Crippen LogP contribution in [0.4, 0.5) is 0 Å². The van der Waals surface area contributed by atoms with Crippen molar-refractivity contribution in [3.63, 3.8) is 0 Å². The van der Waals surface area contributed by atoms with Gasteiger partial charge < -0.3 is 10.6 Å². The number of sulfonamides is 1. The molecule has 6 nitrogen and oxygen atoms in total. The predicted molar refractivity (Wildman–Crippen MR) is 66.1 cm³/mol. The van der Waals surface area contributed by atoms with Crippen molar-refractivity contribution in [3.8, 4) is 0 Å². The van der Waals surface area contributed by atoms with Gasteiger partial charge in [0.1, 0.15) is 6.04 Å². The number of carbonyl (C=O) groups is 1. The van der Waals surface area contributed by atoms with Crippen molar-refractivity contribution < 1.29 is 13.2 Å². The Morgan fingerprint density at radius 1 is 1.53 bits per heavy atom.